The molecule has 6 aromatic carbocycles. The summed E-state index contributed by atoms with van der Waals surface area (Å²) in [6, 6.07) is 46.3. The highest BCUT2D eigenvalue weighted by atomic mass is 32.1. The minimum Gasteiger partial charge on any atom is -0.309 e. The molecule has 0 saturated carbocycles. The average molecular weight is 476 g/mol. The quantitative estimate of drug-likeness (QED) is 0.234. The first kappa shape index (κ1) is 19.9. The number of fused-ring (bicyclic) bond motifs is 9. The standard InChI is InChI=1S/C34H21NS/c1-2-8-22(9-3-1)23-14-17-25(18-15-23)35-30-13-7-6-12-27(30)28-20-21-31-32(33(28)35)29-19-16-24-10-4-5-11-26(24)34(29)36-31/h1-21H. The van der Waals surface area contributed by atoms with Gasteiger partial charge in [-0.25, -0.2) is 0 Å². The van der Waals surface area contributed by atoms with Crippen LogP contribution in [-0.2, 0) is 0 Å². The van der Waals surface area contributed by atoms with E-state index in [1.165, 1.54) is 69.6 Å². The van der Waals surface area contributed by atoms with Crippen LogP contribution < -0.4 is 0 Å². The summed E-state index contributed by atoms with van der Waals surface area (Å²) in [5, 5.41) is 7.91. The van der Waals surface area contributed by atoms with Crippen LogP contribution in [0.25, 0.3) is 69.6 Å². The molecule has 0 aliphatic heterocycles. The molecule has 2 aromatic heterocycles. The van der Waals surface area contributed by atoms with Gasteiger partial charge in [0.15, 0.2) is 0 Å². The minimum atomic E-state index is 1.19. The zero-order valence-electron chi connectivity index (χ0n) is 19.5. The fourth-order valence-corrected chi connectivity index (χ4v) is 6.99. The molecular formula is C34H21NS. The van der Waals surface area contributed by atoms with Gasteiger partial charge in [-0.3, -0.25) is 0 Å². The Morgan fingerprint density at radius 1 is 0.472 bits per heavy atom. The van der Waals surface area contributed by atoms with E-state index in [1.807, 2.05) is 11.3 Å². The molecule has 0 fully saturated rings. The monoisotopic (exact) mass is 475 g/mol. The van der Waals surface area contributed by atoms with Crippen LogP contribution in [0.5, 0.6) is 0 Å². The predicted molar refractivity (Wildman–Crippen MR) is 157 cm³/mol. The number of nitrogens with zero attached hydrogens (tertiary/aromatic N) is 1. The van der Waals surface area contributed by atoms with Crippen LogP contribution in [-0.4, -0.2) is 4.57 Å². The van der Waals surface area contributed by atoms with E-state index in [-0.39, 0.29) is 0 Å². The molecule has 36 heavy (non-hydrogen) atoms. The molecule has 0 aliphatic carbocycles. The summed E-state index contributed by atoms with van der Waals surface area (Å²) >= 11 is 1.91. The number of rotatable bonds is 2. The van der Waals surface area contributed by atoms with Crippen molar-refractivity contribution in [2.24, 2.45) is 0 Å². The molecule has 0 aliphatic rings. The van der Waals surface area contributed by atoms with Crippen molar-refractivity contribution in [3.05, 3.63) is 127 Å². The van der Waals surface area contributed by atoms with Gasteiger partial charge in [-0.05, 0) is 46.2 Å². The van der Waals surface area contributed by atoms with Gasteiger partial charge < -0.3 is 4.57 Å². The van der Waals surface area contributed by atoms with E-state index in [4.69, 9.17) is 0 Å². The summed E-state index contributed by atoms with van der Waals surface area (Å²) in [5.74, 6) is 0. The lowest BCUT2D eigenvalue weighted by Crippen LogP contribution is -1.94. The summed E-state index contributed by atoms with van der Waals surface area (Å²) < 4.78 is 5.16. The molecule has 0 saturated heterocycles. The third-order valence-corrected chi connectivity index (χ3v) is 8.60. The number of aromatic nitrogens is 1. The number of hydrogen-bond acceptors (Lipinski definition) is 1. The summed E-state index contributed by atoms with van der Waals surface area (Å²) in [6.07, 6.45) is 0. The van der Waals surface area contributed by atoms with Crippen molar-refractivity contribution in [2.45, 2.75) is 0 Å². The van der Waals surface area contributed by atoms with Crippen LogP contribution in [0.15, 0.2) is 127 Å². The van der Waals surface area contributed by atoms with Crippen molar-refractivity contribution in [1.29, 1.82) is 0 Å². The van der Waals surface area contributed by atoms with Gasteiger partial charge in [0.25, 0.3) is 0 Å². The molecule has 8 aromatic rings. The van der Waals surface area contributed by atoms with Gasteiger partial charge in [-0.15, -0.1) is 11.3 Å². The molecule has 0 spiro atoms. The van der Waals surface area contributed by atoms with E-state index >= 15 is 0 Å². The summed E-state index contributed by atoms with van der Waals surface area (Å²) in [4.78, 5) is 0. The molecule has 0 radical (unpaired) electrons. The van der Waals surface area contributed by atoms with Crippen molar-refractivity contribution < 1.29 is 0 Å². The topological polar surface area (TPSA) is 4.93 Å². The van der Waals surface area contributed by atoms with E-state index < -0.39 is 0 Å². The number of hydrogen-bond donors (Lipinski definition) is 0. The van der Waals surface area contributed by atoms with Gasteiger partial charge in [0.1, 0.15) is 0 Å². The first-order chi connectivity index (χ1) is 17.9. The fraction of sp³-hybridized carbons (Fsp3) is 0. The molecule has 0 atom stereocenters. The maximum absolute atomic E-state index is 2.46. The lowest BCUT2D eigenvalue weighted by molar-refractivity contribution is 1.19. The molecule has 1 nitrogen and oxygen atoms in total. The van der Waals surface area contributed by atoms with Crippen molar-refractivity contribution >= 4 is 64.1 Å². The third kappa shape index (κ3) is 2.76. The molecule has 2 heterocycles. The Morgan fingerprint density at radius 2 is 1.17 bits per heavy atom. The molecule has 8 rings (SSSR count). The maximum atomic E-state index is 2.46. The highest BCUT2D eigenvalue weighted by molar-refractivity contribution is 7.26. The van der Waals surface area contributed by atoms with E-state index in [1.54, 1.807) is 0 Å². The zero-order chi connectivity index (χ0) is 23.6. The Kier molecular flexibility index (Phi) is 4.16. The van der Waals surface area contributed by atoms with Gasteiger partial charge >= 0.3 is 0 Å². The summed E-state index contributed by atoms with van der Waals surface area (Å²) in [5.41, 5.74) is 6.20. The van der Waals surface area contributed by atoms with Crippen LogP contribution in [0.4, 0.5) is 0 Å². The third-order valence-electron chi connectivity index (χ3n) is 7.39. The number of benzene rings is 6. The normalized spacial score (nSPS) is 11.9. The van der Waals surface area contributed by atoms with Crippen molar-refractivity contribution in [3.8, 4) is 16.8 Å². The van der Waals surface area contributed by atoms with Crippen LogP contribution >= 0.6 is 11.3 Å². The second-order valence-corrected chi connectivity index (χ2v) is 10.4. The average Bonchev–Trinajstić information content (AvgIpc) is 3.50. The SMILES string of the molecule is c1ccc(-c2ccc(-n3c4ccccc4c4ccc5sc6c7ccccc7ccc6c5c43)cc2)cc1. The summed E-state index contributed by atoms with van der Waals surface area (Å²) in [7, 11) is 0. The molecule has 168 valence electrons. The lowest BCUT2D eigenvalue weighted by atomic mass is 10.0. The maximum Gasteiger partial charge on any atom is 0.0634 e. The highest BCUT2D eigenvalue weighted by Crippen LogP contribution is 2.44. The highest BCUT2D eigenvalue weighted by Gasteiger charge is 2.18. The van der Waals surface area contributed by atoms with Crippen molar-refractivity contribution in [2.75, 3.05) is 0 Å². The number of para-hydroxylation sites is 1. The van der Waals surface area contributed by atoms with Gasteiger partial charge in [-0.2, -0.15) is 0 Å². The molecular weight excluding hydrogens is 454 g/mol. The predicted octanol–water partition coefficient (Wildman–Crippen LogP) is 9.97. The molecule has 2 heteroatoms. The minimum absolute atomic E-state index is 1.19. The van der Waals surface area contributed by atoms with Crippen LogP contribution in [0.2, 0.25) is 0 Å². The Hall–Kier alpha value is -4.40. The summed E-state index contributed by atoms with van der Waals surface area (Å²) in [6.45, 7) is 0. The molecule has 0 N–H and O–H groups in total. The smallest absolute Gasteiger partial charge is 0.0634 e. The van der Waals surface area contributed by atoms with Crippen LogP contribution in [0, 0.1) is 0 Å². The van der Waals surface area contributed by atoms with Crippen molar-refractivity contribution in [3.63, 3.8) is 0 Å². The van der Waals surface area contributed by atoms with Gasteiger partial charge in [-0.1, -0.05) is 103 Å². The first-order valence-electron chi connectivity index (χ1n) is 12.3. The Labute approximate surface area is 212 Å². The van der Waals surface area contributed by atoms with E-state index in [0.717, 1.165) is 0 Å². The molecule has 0 unspecified atom stereocenters. The second-order valence-electron chi connectivity index (χ2n) is 9.37. The Balaban J connectivity index is 1.49. The van der Waals surface area contributed by atoms with E-state index in [2.05, 4.69) is 132 Å². The molecule has 0 amide bonds. The zero-order valence-corrected chi connectivity index (χ0v) is 20.3. The Morgan fingerprint density at radius 3 is 2.03 bits per heavy atom. The van der Waals surface area contributed by atoms with Crippen LogP contribution in [0.3, 0.4) is 0 Å². The molecule has 0 bridgehead atoms. The second kappa shape index (κ2) is 7.55. The Bertz CT molecular complexity index is 2080. The van der Waals surface area contributed by atoms with Gasteiger partial charge in [0.2, 0.25) is 0 Å². The number of thiophene rings is 1. The lowest BCUT2D eigenvalue weighted by Gasteiger charge is -2.10. The van der Waals surface area contributed by atoms with Gasteiger partial charge in [0, 0.05) is 36.6 Å². The first-order valence-corrected chi connectivity index (χ1v) is 13.1. The largest absolute Gasteiger partial charge is 0.309 e. The van der Waals surface area contributed by atoms with E-state index in [0.29, 0.717) is 0 Å². The van der Waals surface area contributed by atoms with Gasteiger partial charge in [0.05, 0.1) is 11.0 Å². The van der Waals surface area contributed by atoms with E-state index in [9.17, 15) is 0 Å². The van der Waals surface area contributed by atoms with Crippen molar-refractivity contribution in [1.82, 2.24) is 4.57 Å². The fourth-order valence-electron chi connectivity index (χ4n) is 5.75. The van der Waals surface area contributed by atoms with Crippen LogP contribution in [0.1, 0.15) is 0 Å².